The Morgan fingerprint density at radius 2 is 2.17 bits per heavy atom. The number of aromatic nitrogens is 6. The van der Waals surface area contributed by atoms with E-state index in [1.165, 1.54) is 12.7 Å². The highest BCUT2D eigenvalue weighted by atomic mass is 15.3. The van der Waals surface area contributed by atoms with Crippen molar-refractivity contribution in [1.29, 1.82) is 0 Å². The minimum absolute atomic E-state index is 0.587. The summed E-state index contributed by atoms with van der Waals surface area (Å²) >= 11 is 0. The van der Waals surface area contributed by atoms with Crippen molar-refractivity contribution >= 4 is 16.9 Å². The number of aryl methyl sites for hydroxylation is 1. The lowest BCUT2D eigenvalue weighted by Crippen LogP contribution is -2.04. The Balaban J connectivity index is 1.87. The van der Waals surface area contributed by atoms with Gasteiger partial charge in [-0.05, 0) is 6.07 Å². The molecule has 90 valence electrons. The molecule has 0 atom stereocenters. The molecular formula is C11H11N7. The van der Waals surface area contributed by atoms with Crippen LogP contribution in [0.25, 0.3) is 11.0 Å². The van der Waals surface area contributed by atoms with Crippen molar-refractivity contribution < 1.29 is 0 Å². The van der Waals surface area contributed by atoms with Gasteiger partial charge in [-0.3, -0.25) is 4.68 Å². The van der Waals surface area contributed by atoms with Gasteiger partial charge in [0, 0.05) is 13.2 Å². The SMILES string of the molecule is Cn1ncc2c(NCc3ccncn3)ncnc21. The fraction of sp³-hybridized carbons (Fsp3) is 0.182. The predicted molar refractivity (Wildman–Crippen MR) is 65.7 cm³/mol. The maximum Gasteiger partial charge on any atom is 0.163 e. The zero-order valence-electron chi connectivity index (χ0n) is 9.78. The van der Waals surface area contributed by atoms with Gasteiger partial charge >= 0.3 is 0 Å². The third-order valence-electron chi connectivity index (χ3n) is 2.61. The van der Waals surface area contributed by atoms with Crippen molar-refractivity contribution in [3.05, 3.63) is 36.8 Å². The summed E-state index contributed by atoms with van der Waals surface area (Å²) in [6.45, 7) is 0.587. The molecule has 1 N–H and O–H groups in total. The molecule has 18 heavy (non-hydrogen) atoms. The van der Waals surface area contributed by atoms with Crippen molar-refractivity contribution in [1.82, 2.24) is 29.7 Å². The van der Waals surface area contributed by atoms with E-state index in [0.29, 0.717) is 6.54 Å². The standard InChI is InChI=1S/C11H11N7/c1-18-11-9(5-17-18)10(15-7-16-11)13-4-8-2-3-12-6-14-8/h2-3,5-7H,4H2,1H3,(H,13,15,16). The quantitative estimate of drug-likeness (QED) is 0.729. The smallest absolute Gasteiger partial charge is 0.163 e. The molecule has 0 saturated carbocycles. The molecule has 0 aliphatic heterocycles. The Morgan fingerprint density at radius 3 is 3.00 bits per heavy atom. The third-order valence-corrected chi connectivity index (χ3v) is 2.61. The number of nitrogens with zero attached hydrogens (tertiary/aromatic N) is 6. The number of hydrogen-bond donors (Lipinski definition) is 1. The van der Waals surface area contributed by atoms with Crippen molar-refractivity contribution in [3.63, 3.8) is 0 Å². The Hall–Kier alpha value is -2.57. The predicted octanol–water partition coefficient (Wildman–Crippen LogP) is 0.765. The molecule has 3 aromatic heterocycles. The second kappa shape index (κ2) is 4.36. The van der Waals surface area contributed by atoms with Gasteiger partial charge in [0.25, 0.3) is 0 Å². The van der Waals surface area contributed by atoms with Crippen molar-refractivity contribution in [2.24, 2.45) is 7.05 Å². The van der Waals surface area contributed by atoms with Crippen LogP contribution in [0.15, 0.2) is 31.1 Å². The molecule has 0 aromatic carbocycles. The summed E-state index contributed by atoms with van der Waals surface area (Å²) in [6.07, 6.45) is 6.50. The maximum absolute atomic E-state index is 4.22. The van der Waals surface area contributed by atoms with E-state index in [4.69, 9.17) is 0 Å². The van der Waals surface area contributed by atoms with Gasteiger partial charge in [-0.2, -0.15) is 5.10 Å². The van der Waals surface area contributed by atoms with Gasteiger partial charge in [0.15, 0.2) is 5.65 Å². The van der Waals surface area contributed by atoms with Crippen molar-refractivity contribution in [2.75, 3.05) is 5.32 Å². The minimum Gasteiger partial charge on any atom is -0.364 e. The summed E-state index contributed by atoms with van der Waals surface area (Å²) in [6, 6.07) is 1.86. The topological polar surface area (TPSA) is 81.4 Å². The molecule has 0 aliphatic carbocycles. The molecule has 0 saturated heterocycles. The van der Waals surface area contributed by atoms with E-state index in [9.17, 15) is 0 Å². The highest BCUT2D eigenvalue weighted by Crippen LogP contribution is 2.17. The van der Waals surface area contributed by atoms with E-state index in [2.05, 4.69) is 30.4 Å². The van der Waals surface area contributed by atoms with Crippen LogP contribution in [0.1, 0.15) is 5.69 Å². The molecule has 0 unspecified atom stereocenters. The number of anilines is 1. The minimum atomic E-state index is 0.587. The maximum atomic E-state index is 4.22. The van der Waals surface area contributed by atoms with E-state index in [0.717, 1.165) is 22.5 Å². The average molecular weight is 241 g/mol. The largest absolute Gasteiger partial charge is 0.364 e. The first kappa shape index (κ1) is 10.6. The van der Waals surface area contributed by atoms with Crippen LogP contribution in [0.3, 0.4) is 0 Å². The van der Waals surface area contributed by atoms with Crippen LogP contribution in [0, 0.1) is 0 Å². The van der Waals surface area contributed by atoms with Gasteiger partial charge in [0.2, 0.25) is 0 Å². The molecule has 0 fully saturated rings. The molecule has 0 radical (unpaired) electrons. The first-order valence-electron chi connectivity index (χ1n) is 5.46. The molecule has 7 heteroatoms. The Morgan fingerprint density at radius 1 is 1.22 bits per heavy atom. The van der Waals surface area contributed by atoms with Gasteiger partial charge < -0.3 is 5.32 Å². The summed E-state index contributed by atoms with van der Waals surface area (Å²) in [5.41, 5.74) is 1.70. The van der Waals surface area contributed by atoms with Crippen LogP contribution < -0.4 is 5.32 Å². The fourth-order valence-corrected chi connectivity index (χ4v) is 1.70. The molecular weight excluding hydrogens is 230 g/mol. The lowest BCUT2D eigenvalue weighted by molar-refractivity contribution is 0.785. The Kier molecular flexibility index (Phi) is 2.56. The molecule has 0 spiro atoms. The van der Waals surface area contributed by atoms with Crippen LogP contribution >= 0.6 is 0 Å². The van der Waals surface area contributed by atoms with Gasteiger partial charge in [-0.25, -0.2) is 19.9 Å². The van der Waals surface area contributed by atoms with Crippen molar-refractivity contribution in [2.45, 2.75) is 6.54 Å². The highest BCUT2D eigenvalue weighted by molar-refractivity contribution is 5.85. The van der Waals surface area contributed by atoms with E-state index in [1.54, 1.807) is 17.1 Å². The summed E-state index contributed by atoms with van der Waals surface area (Å²) in [4.78, 5) is 16.4. The summed E-state index contributed by atoms with van der Waals surface area (Å²) in [5.74, 6) is 0.756. The molecule has 7 nitrogen and oxygen atoms in total. The second-order valence-corrected chi connectivity index (χ2v) is 3.78. The Bertz CT molecular complexity index is 661. The van der Waals surface area contributed by atoms with Crippen LogP contribution in [0.2, 0.25) is 0 Å². The monoisotopic (exact) mass is 241 g/mol. The summed E-state index contributed by atoms with van der Waals surface area (Å²) < 4.78 is 1.72. The zero-order valence-corrected chi connectivity index (χ0v) is 9.78. The van der Waals surface area contributed by atoms with E-state index >= 15 is 0 Å². The normalized spacial score (nSPS) is 10.7. The first-order valence-corrected chi connectivity index (χ1v) is 5.46. The van der Waals surface area contributed by atoms with Crippen LogP contribution in [0.4, 0.5) is 5.82 Å². The van der Waals surface area contributed by atoms with E-state index < -0.39 is 0 Å². The number of rotatable bonds is 3. The summed E-state index contributed by atoms with van der Waals surface area (Å²) in [7, 11) is 1.85. The second-order valence-electron chi connectivity index (χ2n) is 3.78. The Labute approximate surface area is 103 Å². The molecule has 3 aromatic rings. The molecule has 0 bridgehead atoms. The fourth-order valence-electron chi connectivity index (χ4n) is 1.70. The van der Waals surface area contributed by atoms with Gasteiger partial charge in [-0.15, -0.1) is 0 Å². The van der Waals surface area contributed by atoms with Crippen LogP contribution in [-0.2, 0) is 13.6 Å². The summed E-state index contributed by atoms with van der Waals surface area (Å²) in [5, 5.41) is 8.28. The third kappa shape index (κ3) is 1.86. The first-order chi connectivity index (χ1) is 8.84. The number of nitrogens with one attached hydrogen (secondary N) is 1. The number of fused-ring (bicyclic) bond motifs is 1. The van der Waals surface area contributed by atoms with Gasteiger partial charge in [-0.1, -0.05) is 0 Å². The lowest BCUT2D eigenvalue weighted by atomic mass is 10.3. The van der Waals surface area contributed by atoms with Crippen LogP contribution in [0.5, 0.6) is 0 Å². The average Bonchev–Trinajstić information content (AvgIpc) is 2.80. The zero-order chi connectivity index (χ0) is 12.4. The highest BCUT2D eigenvalue weighted by Gasteiger charge is 2.07. The molecule has 3 heterocycles. The van der Waals surface area contributed by atoms with Gasteiger partial charge in [0.05, 0.1) is 23.8 Å². The lowest BCUT2D eigenvalue weighted by Gasteiger charge is -2.05. The van der Waals surface area contributed by atoms with E-state index in [1.807, 2.05) is 13.1 Å². The number of hydrogen-bond acceptors (Lipinski definition) is 6. The van der Waals surface area contributed by atoms with Gasteiger partial charge in [0.1, 0.15) is 18.5 Å². The molecule has 0 aliphatic rings. The van der Waals surface area contributed by atoms with E-state index in [-0.39, 0.29) is 0 Å². The van der Waals surface area contributed by atoms with Crippen LogP contribution in [-0.4, -0.2) is 29.7 Å². The van der Waals surface area contributed by atoms with Crippen molar-refractivity contribution in [3.8, 4) is 0 Å². The molecule has 0 amide bonds. The molecule has 3 rings (SSSR count).